The molecule has 0 aromatic heterocycles. The van der Waals surface area contributed by atoms with Crippen molar-refractivity contribution in [2.75, 3.05) is 0 Å². The number of phenols is 1. The number of aryl methyl sites for hydroxylation is 2. The van der Waals surface area contributed by atoms with E-state index >= 15 is 0 Å². The van der Waals surface area contributed by atoms with Crippen LogP contribution in [-0.2, 0) is 16.5 Å². The standard InChI is InChI=1S/C9H12O4S/c1-3-7-5-8(10)6(2)4-9(7)14(11,12)13/h4-5,10H,3H2,1-2H3,(H,11,12,13)/p-1. The number of hydrogen-bond acceptors (Lipinski definition) is 4. The van der Waals surface area contributed by atoms with Crippen LogP contribution in [0.25, 0.3) is 0 Å². The smallest absolute Gasteiger partial charge is 0.124 e. The van der Waals surface area contributed by atoms with Crippen LogP contribution in [0, 0.1) is 6.92 Å². The summed E-state index contributed by atoms with van der Waals surface area (Å²) in [7, 11) is -4.45. The van der Waals surface area contributed by atoms with Crippen molar-refractivity contribution in [2.45, 2.75) is 25.2 Å². The molecule has 1 N–H and O–H groups in total. The van der Waals surface area contributed by atoms with Crippen LogP contribution >= 0.6 is 0 Å². The molecule has 0 radical (unpaired) electrons. The van der Waals surface area contributed by atoms with Gasteiger partial charge in [0.05, 0.1) is 4.90 Å². The lowest BCUT2D eigenvalue weighted by molar-refractivity contribution is 0.458. The highest BCUT2D eigenvalue weighted by Crippen LogP contribution is 2.25. The quantitative estimate of drug-likeness (QED) is 0.751. The molecule has 0 aliphatic carbocycles. The van der Waals surface area contributed by atoms with E-state index in [0.717, 1.165) is 0 Å². The zero-order valence-corrected chi connectivity index (χ0v) is 8.76. The Morgan fingerprint density at radius 3 is 2.43 bits per heavy atom. The van der Waals surface area contributed by atoms with Gasteiger partial charge in [0.2, 0.25) is 0 Å². The van der Waals surface area contributed by atoms with Crippen molar-refractivity contribution in [3.8, 4) is 5.75 Å². The number of aromatic hydroxyl groups is 1. The molecule has 0 heterocycles. The van der Waals surface area contributed by atoms with Gasteiger partial charge in [0.1, 0.15) is 15.9 Å². The Kier molecular flexibility index (Phi) is 2.82. The average Bonchev–Trinajstić information content (AvgIpc) is 2.07. The van der Waals surface area contributed by atoms with Crippen molar-refractivity contribution in [1.82, 2.24) is 0 Å². The summed E-state index contributed by atoms with van der Waals surface area (Å²) in [5, 5.41) is 9.32. The summed E-state index contributed by atoms with van der Waals surface area (Å²) in [6.45, 7) is 3.27. The van der Waals surface area contributed by atoms with E-state index in [2.05, 4.69) is 0 Å². The minimum atomic E-state index is -4.45. The normalized spacial score (nSPS) is 11.6. The predicted octanol–water partition coefficient (Wildman–Crippen LogP) is 1.17. The van der Waals surface area contributed by atoms with Crippen LogP contribution in [0.5, 0.6) is 5.75 Å². The zero-order chi connectivity index (χ0) is 10.9. The third-order valence-electron chi connectivity index (χ3n) is 2.03. The summed E-state index contributed by atoms with van der Waals surface area (Å²) >= 11 is 0. The van der Waals surface area contributed by atoms with Gasteiger partial charge in [-0.2, -0.15) is 0 Å². The van der Waals surface area contributed by atoms with Crippen molar-refractivity contribution in [2.24, 2.45) is 0 Å². The molecule has 0 spiro atoms. The Hall–Kier alpha value is -1.07. The van der Waals surface area contributed by atoms with Gasteiger partial charge in [0.25, 0.3) is 0 Å². The summed E-state index contributed by atoms with van der Waals surface area (Å²) in [5.41, 5.74) is 0.736. The summed E-state index contributed by atoms with van der Waals surface area (Å²) in [5.74, 6) is 0.00856. The number of phenolic OH excluding ortho intramolecular Hbond substituents is 1. The average molecular weight is 215 g/mol. The highest BCUT2D eigenvalue weighted by molar-refractivity contribution is 7.85. The second-order valence-electron chi connectivity index (χ2n) is 3.05. The molecule has 78 valence electrons. The molecular formula is C9H11O4S-. The van der Waals surface area contributed by atoms with E-state index in [1.165, 1.54) is 12.1 Å². The molecular weight excluding hydrogens is 204 g/mol. The van der Waals surface area contributed by atoms with Crippen LogP contribution in [0.1, 0.15) is 18.1 Å². The molecule has 5 heteroatoms. The van der Waals surface area contributed by atoms with Gasteiger partial charge < -0.3 is 9.66 Å². The first-order valence-corrected chi connectivity index (χ1v) is 5.55. The fourth-order valence-electron chi connectivity index (χ4n) is 1.22. The molecule has 1 aromatic carbocycles. The maximum Gasteiger partial charge on any atom is 0.124 e. The third kappa shape index (κ3) is 2.05. The summed E-state index contributed by atoms with van der Waals surface area (Å²) in [6, 6.07) is 2.52. The molecule has 0 amide bonds. The number of hydrogen-bond donors (Lipinski definition) is 1. The van der Waals surface area contributed by atoms with Gasteiger partial charge in [0.15, 0.2) is 0 Å². The summed E-state index contributed by atoms with van der Waals surface area (Å²) in [6.07, 6.45) is 0.393. The molecule has 4 nitrogen and oxygen atoms in total. The van der Waals surface area contributed by atoms with Crippen molar-refractivity contribution in [1.29, 1.82) is 0 Å². The van der Waals surface area contributed by atoms with E-state index < -0.39 is 10.1 Å². The Balaban J connectivity index is 3.51. The second kappa shape index (κ2) is 3.59. The third-order valence-corrected chi connectivity index (χ3v) is 2.95. The SMILES string of the molecule is CCc1cc(O)c(C)cc1S(=O)(=O)[O-]. The minimum absolute atomic E-state index is 0.00856. The maximum atomic E-state index is 10.8. The summed E-state index contributed by atoms with van der Waals surface area (Å²) < 4.78 is 32.5. The highest BCUT2D eigenvalue weighted by atomic mass is 32.2. The van der Waals surface area contributed by atoms with E-state index in [1.54, 1.807) is 13.8 Å². The second-order valence-corrected chi connectivity index (χ2v) is 4.40. The molecule has 0 aliphatic heterocycles. The van der Waals surface area contributed by atoms with Crippen LogP contribution in [0.15, 0.2) is 17.0 Å². The Morgan fingerprint density at radius 1 is 1.43 bits per heavy atom. The van der Waals surface area contributed by atoms with Crippen molar-refractivity contribution >= 4 is 10.1 Å². The number of benzene rings is 1. The topological polar surface area (TPSA) is 77.4 Å². The van der Waals surface area contributed by atoms with Crippen LogP contribution in [0.3, 0.4) is 0 Å². The van der Waals surface area contributed by atoms with Gasteiger partial charge in [-0.1, -0.05) is 6.92 Å². The zero-order valence-electron chi connectivity index (χ0n) is 7.94. The van der Waals surface area contributed by atoms with Crippen molar-refractivity contribution in [3.05, 3.63) is 23.3 Å². The molecule has 0 aliphatic rings. The van der Waals surface area contributed by atoms with E-state index in [1.807, 2.05) is 0 Å². The Labute approximate surface area is 82.9 Å². The first-order valence-electron chi connectivity index (χ1n) is 4.14. The minimum Gasteiger partial charge on any atom is -0.744 e. The van der Waals surface area contributed by atoms with Gasteiger partial charge in [-0.3, -0.25) is 0 Å². The van der Waals surface area contributed by atoms with E-state index in [0.29, 0.717) is 17.5 Å². The molecule has 14 heavy (non-hydrogen) atoms. The van der Waals surface area contributed by atoms with Gasteiger partial charge in [-0.05, 0) is 36.6 Å². The Bertz CT molecular complexity index is 448. The van der Waals surface area contributed by atoms with E-state index in [4.69, 9.17) is 0 Å². The first kappa shape index (κ1) is 11.0. The largest absolute Gasteiger partial charge is 0.744 e. The molecule has 1 rings (SSSR count). The number of rotatable bonds is 2. The lowest BCUT2D eigenvalue weighted by atomic mass is 10.1. The molecule has 0 unspecified atom stereocenters. The van der Waals surface area contributed by atoms with Gasteiger partial charge in [0, 0.05) is 0 Å². The van der Waals surface area contributed by atoms with Gasteiger partial charge in [-0.15, -0.1) is 0 Å². The van der Waals surface area contributed by atoms with E-state index in [9.17, 15) is 18.1 Å². The maximum absolute atomic E-state index is 10.8. The lowest BCUT2D eigenvalue weighted by Crippen LogP contribution is -2.03. The van der Waals surface area contributed by atoms with Gasteiger partial charge >= 0.3 is 0 Å². The van der Waals surface area contributed by atoms with Crippen LogP contribution in [-0.4, -0.2) is 18.1 Å². The predicted molar refractivity (Wildman–Crippen MR) is 50.2 cm³/mol. The highest BCUT2D eigenvalue weighted by Gasteiger charge is 2.10. The fourth-order valence-corrected chi connectivity index (χ4v) is 2.07. The van der Waals surface area contributed by atoms with Crippen LogP contribution in [0.4, 0.5) is 0 Å². The molecule has 0 saturated carbocycles. The van der Waals surface area contributed by atoms with E-state index in [-0.39, 0.29) is 10.6 Å². The first-order chi connectivity index (χ1) is 6.36. The molecule has 0 bridgehead atoms. The monoisotopic (exact) mass is 215 g/mol. The lowest BCUT2D eigenvalue weighted by Gasteiger charge is -2.13. The summed E-state index contributed by atoms with van der Waals surface area (Å²) in [4.78, 5) is -0.240. The fraction of sp³-hybridized carbons (Fsp3) is 0.333. The molecule has 0 atom stereocenters. The van der Waals surface area contributed by atoms with Crippen LogP contribution in [0.2, 0.25) is 0 Å². The molecule has 0 fully saturated rings. The van der Waals surface area contributed by atoms with Crippen molar-refractivity contribution in [3.63, 3.8) is 0 Å². The molecule has 1 aromatic rings. The van der Waals surface area contributed by atoms with Crippen molar-refractivity contribution < 1.29 is 18.1 Å². The van der Waals surface area contributed by atoms with Crippen LogP contribution < -0.4 is 0 Å². The molecule has 0 saturated heterocycles. The Morgan fingerprint density at radius 2 is 2.00 bits per heavy atom. The van der Waals surface area contributed by atoms with Gasteiger partial charge in [-0.25, -0.2) is 8.42 Å².